The molecule has 0 unspecified atom stereocenters. The number of anilines is 4. The molecular formula is C73H67N5O. The van der Waals surface area contributed by atoms with E-state index in [1.807, 2.05) is 85.1 Å². The van der Waals surface area contributed by atoms with Crippen LogP contribution in [0.4, 0.5) is 22.7 Å². The average Bonchev–Trinajstić information content (AvgIpc) is 1.85. The Morgan fingerprint density at radius 1 is 0.430 bits per heavy atom. The van der Waals surface area contributed by atoms with Crippen molar-refractivity contribution in [2.45, 2.75) is 78.6 Å². The Kier molecular flexibility index (Phi) is 11.4. The van der Waals surface area contributed by atoms with Gasteiger partial charge in [0.05, 0.1) is 46.0 Å². The van der Waals surface area contributed by atoms with Crippen molar-refractivity contribution < 1.29 is 11.6 Å². The van der Waals surface area contributed by atoms with Gasteiger partial charge >= 0.3 is 0 Å². The Morgan fingerprint density at radius 2 is 1.04 bits per heavy atom. The number of fused-ring (bicyclic) bond motifs is 5. The van der Waals surface area contributed by atoms with E-state index in [4.69, 9.17) is 13.8 Å². The van der Waals surface area contributed by atoms with Gasteiger partial charge in [-0.1, -0.05) is 208 Å². The lowest BCUT2D eigenvalue weighted by atomic mass is 9.78. The van der Waals surface area contributed by atoms with Crippen molar-refractivity contribution >= 4 is 55.6 Å². The zero-order valence-corrected chi connectivity index (χ0v) is 46.3. The predicted molar refractivity (Wildman–Crippen MR) is 334 cm³/mol. The van der Waals surface area contributed by atoms with Crippen molar-refractivity contribution in [3.63, 3.8) is 0 Å². The zero-order chi connectivity index (χ0) is 59.0. The normalized spacial score (nSPS) is 13.0. The van der Waals surface area contributed by atoms with E-state index in [9.17, 15) is 2.74 Å². The summed E-state index contributed by atoms with van der Waals surface area (Å²) in [4.78, 5) is 5.07. The SMILES string of the molecule is [2H]c1c([2H])c([2H])c(-c2cccc(-c3cc(C(C)(C)C)cc(C(C)(C)C)c3)c2Nc2ccccc2Nc2cc(Oc3ccc4c(c3)n(-c3cc(C(C)(C)C)ccn3)c3c5ccccc5n(-c5ccccc5)c43)cc(-c3ccccc3)c2)c([2H])c1[2H]. The number of hydrogen-bond donors (Lipinski definition) is 2. The first-order chi connectivity index (χ1) is 40.1. The summed E-state index contributed by atoms with van der Waals surface area (Å²) in [6.07, 6.45) is 1.91. The third kappa shape index (κ3) is 9.96. The molecule has 3 heterocycles. The Hall–Kier alpha value is -9.13. The number of aromatic nitrogens is 3. The molecule has 12 aromatic rings. The molecule has 0 aliphatic rings. The van der Waals surface area contributed by atoms with E-state index in [2.05, 4.69) is 197 Å². The number of ether oxygens (including phenoxy) is 1. The summed E-state index contributed by atoms with van der Waals surface area (Å²) in [7, 11) is 0. The summed E-state index contributed by atoms with van der Waals surface area (Å²) >= 11 is 0. The van der Waals surface area contributed by atoms with Gasteiger partial charge in [-0.25, -0.2) is 4.98 Å². The van der Waals surface area contributed by atoms with Crippen LogP contribution in [0.25, 0.3) is 77.7 Å². The maximum Gasteiger partial charge on any atom is 0.137 e. The molecule has 0 radical (unpaired) electrons. The fourth-order valence-electron chi connectivity index (χ4n) is 10.7. The first-order valence-corrected chi connectivity index (χ1v) is 27.1. The molecule has 0 bridgehead atoms. The maximum atomic E-state index is 9.21. The number of rotatable bonds is 11. The molecule has 0 amide bonds. The van der Waals surface area contributed by atoms with Crippen molar-refractivity contribution in [2.24, 2.45) is 0 Å². The minimum Gasteiger partial charge on any atom is -0.457 e. The van der Waals surface area contributed by atoms with E-state index in [0.717, 1.165) is 89.1 Å². The highest BCUT2D eigenvalue weighted by Crippen LogP contribution is 2.46. The summed E-state index contributed by atoms with van der Waals surface area (Å²) in [6.45, 7) is 19.9. The molecular weight excluding hydrogens is 963 g/mol. The molecule has 0 fully saturated rings. The van der Waals surface area contributed by atoms with Gasteiger partial charge in [0, 0.05) is 51.6 Å². The number of para-hydroxylation sites is 5. The van der Waals surface area contributed by atoms with Crippen LogP contribution >= 0.6 is 0 Å². The summed E-state index contributed by atoms with van der Waals surface area (Å²) in [5, 5.41) is 9.72. The summed E-state index contributed by atoms with van der Waals surface area (Å²) in [5.74, 6) is 2.07. The van der Waals surface area contributed by atoms with Crippen LogP contribution < -0.4 is 15.4 Å². The van der Waals surface area contributed by atoms with Crippen LogP contribution in [0.5, 0.6) is 11.5 Å². The van der Waals surface area contributed by atoms with Crippen LogP contribution in [0.1, 0.15) is 85.9 Å². The van der Waals surface area contributed by atoms with Crippen LogP contribution in [-0.4, -0.2) is 14.1 Å². The predicted octanol–water partition coefficient (Wildman–Crippen LogP) is 20.3. The molecule has 0 saturated heterocycles. The van der Waals surface area contributed by atoms with Gasteiger partial charge in [0.2, 0.25) is 0 Å². The maximum absolute atomic E-state index is 9.21. The van der Waals surface area contributed by atoms with Crippen molar-refractivity contribution in [1.82, 2.24) is 14.1 Å². The summed E-state index contributed by atoms with van der Waals surface area (Å²) in [5.41, 5.74) is 15.3. The lowest BCUT2D eigenvalue weighted by Gasteiger charge is -2.27. The van der Waals surface area contributed by atoms with Crippen molar-refractivity contribution in [3.8, 4) is 56.4 Å². The highest BCUT2D eigenvalue weighted by Gasteiger charge is 2.26. The van der Waals surface area contributed by atoms with E-state index >= 15 is 0 Å². The molecule has 390 valence electrons. The average molecular weight is 1040 g/mol. The number of pyridine rings is 1. The van der Waals surface area contributed by atoms with E-state index < -0.39 is 18.1 Å². The third-order valence-electron chi connectivity index (χ3n) is 14.9. The molecule has 3 aromatic heterocycles. The minimum absolute atomic E-state index is 0.110. The van der Waals surface area contributed by atoms with Crippen molar-refractivity contribution in [3.05, 3.63) is 247 Å². The van der Waals surface area contributed by atoms with E-state index in [1.54, 1.807) is 0 Å². The Balaban J connectivity index is 1.000. The largest absolute Gasteiger partial charge is 0.457 e. The number of hydrogen-bond acceptors (Lipinski definition) is 4. The molecule has 0 aliphatic heterocycles. The first-order valence-electron chi connectivity index (χ1n) is 29.6. The third-order valence-corrected chi connectivity index (χ3v) is 14.9. The van der Waals surface area contributed by atoms with Crippen LogP contribution in [0.3, 0.4) is 0 Å². The van der Waals surface area contributed by atoms with Gasteiger partial charge in [0.25, 0.3) is 0 Å². The van der Waals surface area contributed by atoms with Crippen LogP contribution in [0, 0.1) is 0 Å². The monoisotopic (exact) mass is 1030 g/mol. The van der Waals surface area contributed by atoms with Gasteiger partial charge in [-0.2, -0.15) is 0 Å². The number of benzene rings is 9. The van der Waals surface area contributed by atoms with E-state index in [0.29, 0.717) is 28.4 Å². The second-order valence-corrected chi connectivity index (χ2v) is 23.6. The topological polar surface area (TPSA) is 56.0 Å². The lowest BCUT2D eigenvalue weighted by Crippen LogP contribution is -2.16. The standard InChI is InChI=1S/C73H67N5O/c1-71(2,3)52-38-39-74-67(45-52)78-66-47-57(36-37-62(66)69-70(78)61-30-19-22-35-65(61)77(69)56-28-17-12-18-29-56)79-58-43-50(48-24-13-10-14-25-48)42-55(46-58)75-63-33-20-21-34-64(63)76-68-59(49-26-15-11-16-27-49)31-23-32-60(68)51-40-53(72(4,5)6)44-54(41-51)73(7,8)9/h10-47,75-76H,1-9H3/i11D,15D,16D,26D,27D. The zero-order valence-electron chi connectivity index (χ0n) is 51.3. The van der Waals surface area contributed by atoms with Crippen LogP contribution in [0.15, 0.2) is 231 Å². The van der Waals surface area contributed by atoms with Crippen molar-refractivity contribution in [2.75, 3.05) is 10.6 Å². The highest BCUT2D eigenvalue weighted by molar-refractivity contribution is 6.20. The van der Waals surface area contributed by atoms with E-state index in [-0.39, 0.29) is 33.9 Å². The molecule has 6 nitrogen and oxygen atoms in total. The second kappa shape index (κ2) is 20.0. The fourth-order valence-corrected chi connectivity index (χ4v) is 10.7. The molecule has 0 saturated carbocycles. The highest BCUT2D eigenvalue weighted by atomic mass is 16.5. The van der Waals surface area contributed by atoms with Gasteiger partial charge in [-0.15, -0.1) is 0 Å². The van der Waals surface area contributed by atoms with Crippen LogP contribution in [-0.2, 0) is 16.2 Å². The Labute approximate surface area is 472 Å². The summed E-state index contributed by atoms with van der Waals surface area (Å²) in [6, 6.07) is 64.8. The molecule has 2 N–H and O–H groups in total. The van der Waals surface area contributed by atoms with Gasteiger partial charge in [0.1, 0.15) is 17.3 Å². The number of nitrogens with zero attached hydrogens (tertiary/aromatic N) is 3. The van der Waals surface area contributed by atoms with Crippen molar-refractivity contribution in [1.29, 1.82) is 0 Å². The smallest absolute Gasteiger partial charge is 0.137 e. The molecule has 9 aromatic carbocycles. The Bertz CT molecular complexity index is 4460. The minimum atomic E-state index is -0.443. The quantitative estimate of drug-likeness (QED) is 0.136. The Morgan fingerprint density at radius 3 is 1.73 bits per heavy atom. The van der Waals surface area contributed by atoms with Crippen LogP contribution in [0.2, 0.25) is 0 Å². The number of nitrogens with one attached hydrogen (secondary N) is 2. The lowest BCUT2D eigenvalue weighted by molar-refractivity contribution is 0.484. The second-order valence-electron chi connectivity index (χ2n) is 23.6. The van der Waals surface area contributed by atoms with E-state index in [1.165, 1.54) is 5.56 Å². The van der Waals surface area contributed by atoms with Gasteiger partial charge in [-0.3, -0.25) is 4.57 Å². The van der Waals surface area contributed by atoms with Gasteiger partial charge in [-0.05, 0) is 122 Å². The molecule has 0 atom stereocenters. The molecule has 12 rings (SSSR count). The van der Waals surface area contributed by atoms with Gasteiger partial charge < -0.3 is 19.9 Å². The molecule has 0 spiro atoms. The van der Waals surface area contributed by atoms with Gasteiger partial charge in [0.15, 0.2) is 0 Å². The first kappa shape index (κ1) is 44.9. The molecule has 0 aliphatic carbocycles. The fraction of sp³-hybridized carbons (Fsp3) is 0.164. The molecule has 79 heavy (non-hydrogen) atoms. The summed E-state index contributed by atoms with van der Waals surface area (Å²) < 4.78 is 56.1. The molecule has 6 heteroatoms.